The molecule has 0 bridgehead atoms. The molecule has 1 fully saturated rings. The number of fused-ring (bicyclic) bond motifs is 2. The first-order valence-corrected chi connectivity index (χ1v) is 14.6. The van der Waals surface area contributed by atoms with E-state index in [4.69, 9.17) is 26.1 Å². The first-order chi connectivity index (χ1) is 17.4. The fourth-order valence-corrected chi connectivity index (χ4v) is 7.22. The van der Waals surface area contributed by atoms with Crippen LogP contribution in [0.5, 0.6) is 5.75 Å². The maximum Gasteiger partial charge on any atom is 0.260 e. The highest BCUT2D eigenvalue weighted by Gasteiger charge is 2.34. The van der Waals surface area contributed by atoms with Crippen LogP contribution < -0.4 is 9.64 Å². The SMILES string of the molecule is O=C(COc1ccc2c(c1)N(c1nc(-c3ccc(Cl)s3)nc3c1CS(=O)(=O)C3)CC2)N1CCOCC1. The molecule has 1 aromatic carbocycles. The summed E-state index contributed by atoms with van der Waals surface area (Å²) >= 11 is 7.49. The number of morpholine rings is 1. The second-order valence-electron chi connectivity index (χ2n) is 8.91. The average molecular weight is 547 g/mol. The molecule has 0 unspecified atom stereocenters. The lowest BCUT2D eigenvalue weighted by atomic mass is 10.1. The van der Waals surface area contributed by atoms with Gasteiger partial charge in [0.05, 0.1) is 39.6 Å². The van der Waals surface area contributed by atoms with Crippen molar-refractivity contribution in [2.45, 2.75) is 17.9 Å². The summed E-state index contributed by atoms with van der Waals surface area (Å²) < 4.78 is 36.8. The second kappa shape index (κ2) is 9.29. The van der Waals surface area contributed by atoms with Crippen LogP contribution in [-0.4, -0.2) is 68.6 Å². The molecule has 1 saturated heterocycles. The molecule has 3 aliphatic rings. The summed E-state index contributed by atoms with van der Waals surface area (Å²) in [4.78, 5) is 26.5. The van der Waals surface area contributed by atoms with Crippen LogP contribution in [0.1, 0.15) is 16.8 Å². The Morgan fingerprint density at radius 2 is 1.94 bits per heavy atom. The number of halogens is 1. The summed E-state index contributed by atoms with van der Waals surface area (Å²) in [5.41, 5.74) is 3.18. The van der Waals surface area contributed by atoms with Crippen LogP contribution in [0.25, 0.3) is 10.7 Å². The number of aromatic nitrogens is 2. The van der Waals surface area contributed by atoms with E-state index in [1.807, 2.05) is 29.2 Å². The highest BCUT2D eigenvalue weighted by molar-refractivity contribution is 7.90. The lowest BCUT2D eigenvalue weighted by molar-refractivity contribution is -0.137. The molecule has 0 spiro atoms. The summed E-state index contributed by atoms with van der Waals surface area (Å²) in [7, 11) is -3.29. The Hall–Kier alpha value is -2.73. The van der Waals surface area contributed by atoms with E-state index in [2.05, 4.69) is 4.98 Å². The fraction of sp³-hybridized carbons (Fsp3) is 0.375. The number of anilines is 2. The van der Waals surface area contributed by atoms with E-state index in [1.165, 1.54) is 11.3 Å². The van der Waals surface area contributed by atoms with Gasteiger partial charge in [-0.2, -0.15) is 0 Å². The van der Waals surface area contributed by atoms with Crippen LogP contribution in [0.4, 0.5) is 11.5 Å². The number of amides is 1. The lowest BCUT2D eigenvalue weighted by Crippen LogP contribution is -2.42. The Bertz CT molecular complexity index is 1450. The Labute approximate surface area is 217 Å². The second-order valence-corrected chi connectivity index (χ2v) is 12.7. The number of hydrogen-bond acceptors (Lipinski definition) is 9. The first kappa shape index (κ1) is 23.7. The molecule has 0 aliphatic carbocycles. The Morgan fingerprint density at radius 1 is 1.11 bits per heavy atom. The largest absolute Gasteiger partial charge is 0.484 e. The van der Waals surface area contributed by atoms with Crippen molar-refractivity contribution in [2.24, 2.45) is 0 Å². The van der Waals surface area contributed by atoms with E-state index in [9.17, 15) is 13.2 Å². The highest BCUT2D eigenvalue weighted by atomic mass is 35.5. The van der Waals surface area contributed by atoms with Gasteiger partial charge in [-0.3, -0.25) is 4.79 Å². The summed E-state index contributed by atoms with van der Waals surface area (Å²) in [5.74, 6) is 1.38. The van der Waals surface area contributed by atoms with Crippen LogP contribution in [0.2, 0.25) is 4.34 Å². The maximum absolute atomic E-state index is 12.5. The van der Waals surface area contributed by atoms with Gasteiger partial charge in [-0.15, -0.1) is 11.3 Å². The topological polar surface area (TPSA) is 102 Å². The van der Waals surface area contributed by atoms with Crippen LogP contribution in [0, 0.1) is 0 Å². The van der Waals surface area contributed by atoms with Crippen molar-refractivity contribution in [2.75, 3.05) is 44.4 Å². The van der Waals surface area contributed by atoms with Crippen molar-refractivity contribution in [3.05, 3.63) is 51.5 Å². The van der Waals surface area contributed by atoms with Gasteiger partial charge in [0.25, 0.3) is 5.91 Å². The Balaban J connectivity index is 1.31. The van der Waals surface area contributed by atoms with Crippen molar-refractivity contribution in [1.29, 1.82) is 0 Å². The van der Waals surface area contributed by atoms with Gasteiger partial charge in [0.2, 0.25) is 0 Å². The molecule has 3 aliphatic heterocycles. The summed E-state index contributed by atoms with van der Waals surface area (Å²) in [6, 6.07) is 9.37. The van der Waals surface area contributed by atoms with Crippen molar-refractivity contribution in [3.63, 3.8) is 0 Å². The van der Waals surface area contributed by atoms with E-state index in [0.29, 0.717) is 65.8 Å². The van der Waals surface area contributed by atoms with Gasteiger partial charge in [-0.1, -0.05) is 17.7 Å². The van der Waals surface area contributed by atoms with Gasteiger partial charge in [-0.05, 0) is 30.2 Å². The van der Waals surface area contributed by atoms with Gasteiger partial charge >= 0.3 is 0 Å². The molecule has 5 heterocycles. The quantitative estimate of drug-likeness (QED) is 0.481. The minimum absolute atomic E-state index is 0.0524. The van der Waals surface area contributed by atoms with Crippen molar-refractivity contribution in [1.82, 2.24) is 14.9 Å². The van der Waals surface area contributed by atoms with Gasteiger partial charge in [-0.25, -0.2) is 18.4 Å². The smallest absolute Gasteiger partial charge is 0.260 e. The molecule has 0 radical (unpaired) electrons. The minimum Gasteiger partial charge on any atom is -0.484 e. The van der Waals surface area contributed by atoms with Crippen LogP contribution in [-0.2, 0) is 37.3 Å². The third-order valence-corrected chi connectivity index (χ3v) is 9.19. The number of carbonyl (C=O) groups excluding carboxylic acids is 1. The molecule has 12 heteroatoms. The van der Waals surface area contributed by atoms with Gasteiger partial charge < -0.3 is 19.3 Å². The Morgan fingerprint density at radius 3 is 2.72 bits per heavy atom. The predicted molar refractivity (Wildman–Crippen MR) is 137 cm³/mol. The van der Waals surface area contributed by atoms with Crippen molar-refractivity contribution >= 4 is 50.2 Å². The molecular formula is C24H23ClN4O5S2. The van der Waals surface area contributed by atoms with E-state index in [1.54, 1.807) is 11.0 Å². The van der Waals surface area contributed by atoms with Gasteiger partial charge in [0.1, 0.15) is 11.6 Å². The lowest BCUT2D eigenvalue weighted by Gasteiger charge is -2.26. The number of nitrogens with zero attached hydrogens (tertiary/aromatic N) is 4. The van der Waals surface area contributed by atoms with Crippen molar-refractivity contribution < 1.29 is 22.7 Å². The van der Waals surface area contributed by atoms with E-state index in [-0.39, 0.29) is 24.0 Å². The zero-order valence-corrected chi connectivity index (χ0v) is 21.7. The third kappa shape index (κ3) is 4.56. The van der Waals surface area contributed by atoms with E-state index >= 15 is 0 Å². The predicted octanol–water partition coefficient (Wildman–Crippen LogP) is 3.22. The molecule has 3 aromatic rings. The molecule has 188 valence electrons. The number of benzene rings is 1. The molecule has 9 nitrogen and oxygen atoms in total. The zero-order valence-electron chi connectivity index (χ0n) is 19.3. The summed E-state index contributed by atoms with van der Waals surface area (Å²) in [6.07, 6.45) is 0.786. The minimum atomic E-state index is -3.29. The maximum atomic E-state index is 12.5. The monoisotopic (exact) mass is 546 g/mol. The van der Waals surface area contributed by atoms with Gasteiger partial charge in [0.15, 0.2) is 22.3 Å². The normalized spacial score (nSPS) is 18.2. The first-order valence-electron chi connectivity index (χ1n) is 11.6. The molecule has 0 saturated carbocycles. The molecule has 0 atom stereocenters. The van der Waals surface area contributed by atoms with Crippen LogP contribution >= 0.6 is 22.9 Å². The summed E-state index contributed by atoms with van der Waals surface area (Å²) in [5, 5.41) is 0. The Kier molecular flexibility index (Phi) is 6.11. The van der Waals surface area contributed by atoms with Gasteiger partial charge in [0, 0.05) is 37.0 Å². The fourth-order valence-electron chi connectivity index (χ4n) is 4.75. The molecular weight excluding hydrogens is 524 g/mol. The molecule has 0 N–H and O–H groups in total. The van der Waals surface area contributed by atoms with Crippen molar-refractivity contribution in [3.8, 4) is 16.5 Å². The molecule has 2 aromatic heterocycles. The summed E-state index contributed by atoms with van der Waals surface area (Å²) in [6.45, 7) is 2.82. The molecule has 36 heavy (non-hydrogen) atoms. The number of rotatable bonds is 5. The number of thiophene rings is 1. The zero-order chi connectivity index (χ0) is 24.9. The number of carbonyl (C=O) groups is 1. The number of sulfone groups is 1. The van der Waals surface area contributed by atoms with Crippen LogP contribution in [0.3, 0.4) is 0 Å². The third-order valence-electron chi connectivity index (χ3n) is 6.52. The average Bonchev–Trinajstić information content (AvgIpc) is 3.57. The van der Waals surface area contributed by atoms with Crippen LogP contribution in [0.15, 0.2) is 30.3 Å². The molecule has 6 rings (SSSR count). The number of ether oxygens (including phenoxy) is 2. The molecule has 1 amide bonds. The standard InChI is InChI=1S/C24H23ClN4O5S2/c25-21-4-3-20(35-21)23-26-18-14-36(31,32)13-17(18)24(27-23)29-6-5-15-1-2-16(11-19(15)29)34-12-22(30)28-7-9-33-10-8-28/h1-4,11H,5-10,12-14H2. The highest BCUT2D eigenvalue weighted by Crippen LogP contribution is 2.42. The van der Waals surface area contributed by atoms with E-state index in [0.717, 1.165) is 22.5 Å². The number of hydrogen-bond donors (Lipinski definition) is 0. The van der Waals surface area contributed by atoms with E-state index < -0.39 is 9.84 Å².